The highest BCUT2D eigenvalue weighted by molar-refractivity contribution is 5.75. The van der Waals surface area contributed by atoms with Crippen LogP contribution in [0.25, 0.3) is 0 Å². The molecule has 0 saturated carbocycles. The van der Waals surface area contributed by atoms with Crippen LogP contribution in [-0.4, -0.2) is 38.2 Å². The maximum atomic E-state index is 12.8. The summed E-state index contributed by atoms with van der Waals surface area (Å²) in [4.78, 5) is 18.8. The summed E-state index contributed by atoms with van der Waals surface area (Å²) < 4.78 is 7.28. The molecule has 3 rings (SSSR count). The van der Waals surface area contributed by atoms with Crippen LogP contribution in [0.1, 0.15) is 49.2 Å². The van der Waals surface area contributed by atoms with E-state index in [2.05, 4.69) is 22.4 Å². The minimum atomic E-state index is -0.0711. The van der Waals surface area contributed by atoms with Gasteiger partial charge in [0.25, 0.3) is 0 Å². The van der Waals surface area contributed by atoms with Gasteiger partial charge in [-0.1, -0.05) is 12.1 Å². The van der Waals surface area contributed by atoms with Gasteiger partial charge in [-0.15, -0.1) is 0 Å². The molecule has 1 saturated heterocycles. The average Bonchev–Trinajstić information content (AvgIpc) is 3.29. The molecule has 1 aliphatic heterocycles. The molecule has 1 N–H and O–H groups in total. The maximum Gasteiger partial charge on any atom is 0.318 e. The monoisotopic (exact) mass is 331 g/mol. The van der Waals surface area contributed by atoms with E-state index in [0.717, 1.165) is 49.4 Å². The highest BCUT2D eigenvalue weighted by Gasteiger charge is 2.31. The molecule has 2 atom stereocenters. The fourth-order valence-electron chi connectivity index (χ4n) is 3.53. The normalized spacial score (nSPS) is 18.8. The summed E-state index contributed by atoms with van der Waals surface area (Å²) in [6.07, 6.45) is 8.36. The van der Waals surface area contributed by atoms with Crippen molar-refractivity contribution in [2.24, 2.45) is 0 Å². The molecule has 24 heavy (non-hydrogen) atoms. The van der Waals surface area contributed by atoms with Crippen LogP contribution in [0.4, 0.5) is 4.79 Å². The van der Waals surface area contributed by atoms with E-state index >= 15 is 0 Å². The number of hydrogen-bond donors (Lipinski definition) is 1. The first-order valence-electron chi connectivity index (χ1n) is 8.55. The van der Waals surface area contributed by atoms with E-state index in [1.807, 2.05) is 29.5 Å². The van der Waals surface area contributed by atoms with Gasteiger partial charge in [-0.3, -0.25) is 0 Å². The summed E-state index contributed by atoms with van der Waals surface area (Å²) in [6, 6.07) is 0.129. The molecule has 2 aromatic rings. The minimum Gasteiger partial charge on any atom is -0.361 e. The Kier molecular flexibility index (Phi) is 4.87. The van der Waals surface area contributed by atoms with Crippen LogP contribution in [0.2, 0.25) is 0 Å². The van der Waals surface area contributed by atoms with Gasteiger partial charge in [-0.05, 0) is 33.1 Å². The van der Waals surface area contributed by atoms with E-state index in [1.54, 1.807) is 12.5 Å². The van der Waals surface area contributed by atoms with Crippen molar-refractivity contribution in [3.8, 4) is 0 Å². The highest BCUT2D eigenvalue weighted by atomic mass is 16.5. The molecular formula is C17H25N5O2. The number of hydrogen-bond acceptors (Lipinski definition) is 4. The zero-order chi connectivity index (χ0) is 17.1. The molecule has 1 aliphatic rings. The first-order chi connectivity index (χ1) is 11.6. The third kappa shape index (κ3) is 3.29. The SMILES string of the molecule is CCC(NC(=O)N1CCCC1Cn1ccnc1)c1c(C)noc1C. The number of carbonyl (C=O) groups excluding carboxylic acids is 1. The molecule has 3 heterocycles. The number of aromatic nitrogens is 3. The fourth-order valence-corrected chi connectivity index (χ4v) is 3.53. The second-order valence-electron chi connectivity index (χ2n) is 6.40. The van der Waals surface area contributed by atoms with E-state index in [4.69, 9.17) is 4.52 Å². The molecule has 2 aromatic heterocycles. The summed E-state index contributed by atoms with van der Waals surface area (Å²) >= 11 is 0. The summed E-state index contributed by atoms with van der Waals surface area (Å²) in [6.45, 7) is 7.45. The number of imidazole rings is 1. The molecular weight excluding hydrogens is 306 g/mol. The van der Waals surface area contributed by atoms with Gasteiger partial charge in [0.05, 0.1) is 24.1 Å². The minimum absolute atomic E-state index is 0.00975. The maximum absolute atomic E-state index is 12.8. The summed E-state index contributed by atoms with van der Waals surface area (Å²) in [5.74, 6) is 0.774. The molecule has 0 aromatic carbocycles. The molecule has 0 spiro atoms. The fraction of sp³-hybridized carbons (Fsp3) is 0.588. The van der Waals surface area contributed by atoms with Crippen molar-refractivity contribution in [3.63, 3.8) is 0 Å². The standard InChI is InChI=1S/C17H25N5O2/c1-4-15(16-12(2)20-24-13(16)3)19-17(23)22-8-5-6-14(22)10-21-9-7-18-11-21/h7,9,11,14-15H,4-6,8,10H2,1-3H3,(H,19,23). The van der Waals surface area contributed by atoms with Crippen molar-refractivity contribution < 1.29 is 9.32 Å². The summed E-state index contributed by atoms with van der Waals surface area (Å²) in [5.41, 5.74) is 1.84. The van der Waals surface area contributed by atoms with Crippen molar-refractivity contribution in [1.29, 1.82) is 0 Å². The second kappa shape index (κ2) is 7.07. The average molecular weight is 331 g/mol. The molecule has 0 radical (unpaired) electrons. The molecule has 2 amide bonds. The van der Waals surface area contributed by atoms with Gasteiger partial charge in [0.2, 0.25) is 0 Å². The van der Waals surface area contributed by atoms with Gasteiger partial charge in [0.1, 0.15) is 5.76 Å². The number of aryl methyl sites for hydroxylation is 2. The zero-order valence-corrected chi connectivity index (χ0v) is 14.5. The Hall–Kier alpha value is -2.31. The quantitative estimate of drug-likeness (QED) is 0.914. The van der Waals surface area contributed by atoms with Crippen LogP contribution < -0.4 is 5.32 Å². The predicted octanol–water partition coefficient (Wildman–Crippen LogP) is 2.81. The Morgan fingerprint density at radius 3 is 2.96 bits per heavy atom. The van der Waals surface area contributed by atoms with Crippen LogP contribution in [0.3, 0.4) is 0 Å². The molecule has 1 fully saturated rings. The van der Waals surface area contributed by atoms with Crippen LogP contribution in [-0.2, 0) is 6.54 Å². The van der Waals surface area contributed by atoms with Crippen LogP contribution in [0.15, 0.2) is 23.2 Å². The molecule has 0 bridgehead atoms. The van der Waals surface area contributed by atoms with Gasteiger partial charge < -0.3 is 19.3 Å². The number of amides is 2. The summed E-state index contributed by atoms with van der Waals surface area (Å²) in [7, 11) is 0. The number of nitrogens with one attached hydrogen (secondary N) is 1. The number of carbonyl (C=O) groups is 1. The Labute approximate surface area is 142 Å². The van der Waals surface area contributed by atoms with Gasteiger partial charge >= 0.3 is 6.03 Å². The van der Waals surface area contributed by atoms with Crippen molar-refractivity contribution in [1.82, 2.24) is 24.9 Å². The number of urea groups is 1. The third-order valence-electron chi connectivity index (χ3n) is 4.76. The number of rotatable bonds is 5. The van der Waals surface area contributed by atoms with E-state index < -0.39 is 0 Å². The molecule has 2 unspecified atom stereocenters. The Morgan fingerprint density at radius 1 is 1.50 bits per heavy atom. The lowest BCUT2D eigenvalue weighted by Crippen LogP contribution is -2.45. The lowest BCUT2D eigenvalue weighted by molar-refractivity contribution is 0.183. The smallest absolute Gasteiger partial charge is 0.318 e. The van der Waals surface area contributed by atoms with Crippen molar-refractivity contribution in [2.45, 2.75) is 58.7 Å². The topological polar surface area (TPSA) is 76.2 Å². The van der Waals surface area contributed by atoms with Crippen LogP contribution >= 0.6 is 0 Å². The lowest BCUT2D eigenvalue weighted by atomic mass is 10.0. The van der Waals surface area contributed by atoms with Gasteiger partial charge in [0.15, 0.2) is 0 Å². The molecule has 7 heteroatoms. The Bertz CT molecular complexity index is 660. The van der Waals surface area contributed by atoms with Crippen molar-refractivity contribution in [3.05, 3.63) is 35.7 Å². The first kappa shape index (κ1) is 16.5. The van der Waals surface area contributed by atoms with Crippen LogP contribution in [0.5, 0.6) is 0 Å². The van der Waals surface area contributed by atoms with E-state index in [-0.39, 0.29) is 18.1 Å². The van der Waals surface area contributed by atoms with Gasteiger partial charge in [-0.2, -0.15) is 0 Å². The van der Waals surface area contributed by atoms with E-state index in [1.165, 1.54) is 0 Å². The molecule has 7 nitrogen and oxygen atoms in total. The van der Waals surface area contributed by atoms with E-state index in [9.17, 15) is 4.79 Å². The zero-order valence-electron chi connectivity index (χ0n) is 14.5. The molecule has 0 aliphatic carbocycles. The summed E-state index contributed by atoms with van der Waals surface area (Å²) in [5, 5.41) is 7.17. The van der Waals surface area contributed by atoms with E-state index in [0.29, 0.717) is 0 Å². The van der Waals surface area contributed by atoms with Crippen molar-refractivity contribution >= 4 is 6.03 Å². The van der Waals surface area contributed by atoms with Crippen molar-refractivity contribution in [2.75, 3.05) is 6.54 Å². The molecule has 130 valence electrons. The highest BCUT2D eigenvalue weighted by Crippen LogP contribution is 2.25. The predicted molar refractivity (Wildman–Crippen MR) is 89.5 cm³/mol. The third-order valence-corrected chi connectivity index (χ3v) is 4.76. The largest absolute Gasteiger partial charge is 0.361 e. The lowest BCUT2D eigenvalue weighted by Gasteiger charge is -2.28. The van der Waals surface area contributed by atoms with Crippen LogP contribution in [0, 0.1) is 13.8 Å². The van der Waals surface area contributed by atoms with Gasteiger partial charge in [-0.25, -0.2) is 9.78 Å². The number of likely N-dealkylation sites (tertiary alicyclic amines) is 1. The Balaban J connectivity index is 1.68. The second-order valence-corrected chi connectivity index (χ2v) is 6.40. The number of nitrogens with zero attached hydrogens (tertiary/aromatic N) is 4. The van der Waals surface area contributed by atoms with Gasteiger partial charge in [0, 0.05) is 31.0 Å². The Morgan fingerprint density at radius 2 is 2.33 bits per heavy atom. The first-order valence-corrected chi connectivity index (χ1v) is 8.55.